The topological polar surface area (TPSA) is 99.6 Å². The Labute approximate surface area is 175 Å². The molecule has 0 spiro atoms. The van der Waals surface area contributed by atoms with Gasteiger partial charge in [-0.05, 0) is 49.6 Å². The number of ketones is 1. The number of aromatic hydroxyl groups is 1. The first-order chi connectivity index (χ1) is 14.5. The van der Waals surface area contributed by atoms with Crippen LogP contribution in [0.5, 0.6) is 11.5 Å². The Balaban J connectivity index is 1.96. The van der Waals surface area contributed by atoms with E-state index in [0.29, 0.717) is 35.4 Å². The number of Topliss-reactive ketones (excluding diaryl/α,β-unsaturated/α-hetero) is 1. The molecule has 6 nitrogen and oxygen atoms in total. The second-order valence-corrected chi connectivity index (χ2v) is 7.58. The van der Waals surface area contributed by atoms with E-state index in [1.54, 1.807) is 12.1 Å². The highest BCUT2D eigenvalue weighted by atomic mass is 16.5. The number of aryl methyl sites for hydroxylation is 1. The second kappa shape index (κ2) is 7.60. The predicted molar refractivity (Wildman–Crippen MR) is 114 cm³/mol. The van der Waals surface area contributed by atoms with E-state index in [4.69, 9.17) is 10.5 Å². The van der Waals surface area contributed by atoms with Crippen LogP contribution < -0.4 is 15.4 Å². The van der Waals surface area contributed by atoms with Crippen molar-refractivity contribution < 1.29 is 14.6 Å². The zero-order valence-electron chi connectivity index (χ0n) is 17.0. The molecule has 0 aromatic heterocycles. The monoisotopic (exact) mass is 401 g/mol. The van der Waals surface area contributed by atoms with Gasteiger partial charge in [0.25, 0.3) is 0 Å². The zero-order chi connectivity index (χ0) is 21.4. The highest BCUT2D eigenvalue weighted by Gasteiger charge is 2.40. The smallest absolute Gasteiger partial charge is 0.161 e. The molecule has 152 valence electrons. The Kier molecular flexibility index (Phi) is 4.96. The van der Waals surface area contributed by atoms with Crippen LogP contribution in [0.25, 0.3) is 0 Å². The number of nitrogens with two attached hydrogens (primary N) is 1. The molecule has 0 radical (unpaired) electrons. The number of phenols is 1. The number of rotatable bonds is 3. The first kappa shape index (κ1) is 19.6. The lowest BCUT2D eigenvalue weighted by molar-refractivity contribution is -0.116. The fraction of sp³-hybridized carbons (Fsp3) is 0.250. The van der Waals surface area contributed by atoms with Gasteiger partial charge in [0.1, 0.15) is 5.82 Å². The molecule has 1 heterocycles. The van der Waals surface area contributed by atoms with Crippen LogP contribution in [0.3, 0.4) is 0 Å². The minimum Gasteiger partial charge on any atom is -0.504 e. The van der Waals surface area contributed by atoms with Crippen LogP contribution in [0, 0.1) is 18.3 Å². The van der Waals surface area contributed by atoms with Gasteiger partial charge >= 0.3 is 0 Å². The van der Waals surface area contributed by atoms with Gasteiger partial charge in [-0.2, -0.15) is 5.26 Å². The summed E-state index contributed by atoms with van der Waals surface area (Å²) in [6.07, 6.45) is 1.87. The molecule has 1 aliphatic carbocycles. The lowest BCUT2D eigenvalue weighted by Crippen LogP contribution is -2.38. The molecule has 0 saturated heterocycles. The van der Waals surface area contributed by atoms with Crippen molar-refractivity contribution in [2.24, 2.45) is 5.73 Å². The summed E-state index contributed by atoms with van der Waals surface area (Å²) >= 11 is 0. The van der Waals surface area contributed by atoms with E-state index >= 15 is 0 Å². The van der Waals surface area contributed by atoms with Gasteiger partial charge in [0.2, 0.25) is 0 Å². The molecule has 4 rings (SSSR count). The lowest BCUT2D eigenvalue weighted by atomic mass is 9.75. The average molecular weight is 401 g/mol. The molecule has 0 bridgehead atoms. The van der Waals surface area contributed by atoms with Crippen LogP contribution in [-0.4, -0.2) is 18.0 Å². The van der Waals surface area contributed by atoms with Crippen LogP contribution in [0.1, 0.15) is 36.3 Å². The average Bonchev–Trinajstić information content (AvgIpc) is 2.74. The number of methoxy groups -OCH3 is 1. The Morgan fingerprint density at radius 2 is 1.93 bits per heavy atom. The number of hydrogen-bond acceptors (Lipinski definition) is 6. The number of benzene rings is 2. The van der Waals surface area contributed by atoms with E-state index in [9.17, 15) is 15.2 Å². The number of hydrogen-bond donors (Lipinski definition) is 2. The van der Waals surface area contributed by atoms with Crippen molar-refractivity contribution in [1.82, 2.24) is 0 Å². The number of carbonyl (C=O) groups excluding carboxylic acids is 1. The summed E-state index contributed by atoms with van der Waals surface area (Å²) in [5, 5.41) is 20.0. The Morgan fingerprint density at radius 3 is 2.60 bits per heavy atom. The van der Waals surface area contributed by atoms with Gasteiger partial charge < -0.3 is 15.6 Å². The number of anilines is 1. The van der Waals surface area contributed by atoms with Crippen molar-refractivity contribution in [1.29, 1.82) is 5.26 Å². The number of nitriles is 1. The van der Waals surface area contributed by atoms with E-state index in [0.717, 1.165) is 23.4 Å². The fourth-order valence-electron chi connectivity index (χ4n) is 4.28. The van der Waals surface area contributed by atoms with Crippen molar-refractivity contribution in [3.05, 3.63) is 76.3 Å². The molecule has 1 unspecified atom stereocenters. The van der Waals surface area contributed by atoms with E-state index in [-0.39, 0.29) is 17.3 Å². The SMILES string of the molecule is COc1cc(C2C(C#N)=C(N)N(c3ccc(C)cc3)C3=C2C(=O)CCC3)ccc1O. The molecule has 1 aliphatic heterocycles. The van der Waals surface area contributed by atoms with Gasteiger partial charge in [-0.1, -0.05) is 23.8 Å². The number of allylic oxidation sites excluding steroid dienone is 3. The summed E-state index contributed by atoms with van der Waals surface area (Å²) in [6.45, 7) is 2.00. The summed E-state index contributed by atoms with van der Waals surface area (Å²) in [4.78, 5) is 14.9. The van der Waals surface area contributed by atoms with Crippen LogP contribution in [0.15, 0.2) is 65.1 Å². The van der Waals surface area contributed by atoms with Crippen molar-refractivity contribution >= 4 is 11.5 Å². The zero-order valence-corrected chi connectivity index (χ0v) is 17.0. The number of phenolic OH excluding ortho intramolecular Hbond substituents is 1. The number of carbonyl (C=O) groups is 1. The Hall–Kier alpha value is -3.72. The number of ether oxygens (including phenoxy) is 1. The summed E-state index contributed by atoms with van der Waals surface area (Å²) in [6, 6.07) is 15.0. The molecule has 6 heteroatoms. The third-order valence-electron chi connectivity index (χ3n) is 5.74. The molecule has 2 aromatic carbocycles. The fourth-order valence-corrected chi connectivity index (χ4v) is 4.28. The maximum Gasteiger partial charge on any atom is 0.161 e. The van der Waals surface area contributed by atoms with E-state index in [1.807, 2.05) is 36.1 Å². The highest BCUT2D eigenvalue weighted by Crippen LogP contribution is 2.47. The van der Waals surface area contributed by atoms with E-state index in [2.05, 4.69) is 6.07 Å². The summed E-state index contributed by atoms with van der Waals surface area (Å²) < 4.78 is 5.25. The first-order valence-electron chi connectivity index (χ1n) is 9.86. The van der Waals surface area contributed by atoms with Gasteiger partial charge in [0.15, 0.2) is 17.3 Å². The molecule has 1 atom stereocenters. The maximum atomic E-state index is 13.1. The van der Waals surface area contributed by atoms with Crippen molar-refractivity contribution in [2.45, 2.75) is 32.1 Å². The van der Waals surface area contributed by atoms with Crippen LogP contribution in [-0.2, 0) is 4.79 Å². The molecule has 2 aromatic rings. The van der Waals surface area contributed by atoms with Gasteiger partial charge in [0, 0.05) is 23.4 Å². The summed E-state index contributed by atoms with van der Waals surface area (Å²) in [5.74, 6) is 0.0409. The highest BCUT2D eigenvalue weighted by molar-refractivity contribution is 6.01. The maximum absolute atomic E-state index is 13.1. The third-order valence-corrected chi connectivity index (χ3v) is 5.74. The van der Waals surface area contributed by atoms with Gasteiger partial charge in [-0.25, -0.2) is 0 Å². The minimum atomic E-state index is -0.589. The Bertz CT molecular complexity index is 1120. The molecule has 30 heavy (non-hydrogen) atoms. The molecule has 3 N–H and O–H groups in total. The molecule has 0 amide bonds. The number of nitrogens with zero attached hydrogens (tertiary/aromatic N) is 2. The summed E-state index contributed by atoms with van der Waals surface area (Å²) in [7, 11) is 1.46. The third kappa shape index (κ3) is 3.09. The minimum absolute atomic E-state index is 0.00188. The van der Waals surface area contributed by atoms with Crippen LogP contribution in [0.4, 0.5) is 5.69 Å². The van der Waals surface area contributed by atoms with Crippen molar-refractivity contribution in [3.63, 3.8) is 0 Å². The molecule has 2 aliphatic rings. The van der Waals surface area contributed by atoms with Crippen LogP contribution >= 0.6 is 0 Å². The normalized spacial score (nSPS) is 18.9. The van der Waals surface area contributed by atoms with Gasteiger partial charge in [0.05, 0.1) is 24.7 Å². The van der Waals surface area contributed by atoms with Crippen molar-refractivity contribution in [3.8, 4) is 17.6 Å². The van der Waals surface area contributed by atoms with E-state index < -0.39 is 5.92 Å². The quantitative estimate of drug-likeness (QED) is 0.806. The second-order valence-electron chi connectivity index (χ2n) is 7.58. The first-order valence-corrected chi connectivity index (χ1v) is 9.86. The molecule has 0 fully saturated rings. The molecule has 0 saturated carbocycles. The lowest BCUT2D eigenvalue weighted by Gasteiger charge is -2.39. The standard InChI is InChI=1S/C24H23N3O3/c1-14-6-9-16(10-7-14)27-18-4-3-5-20(29)23(18)22(17(13-25)24(27)26)15-8-11-19(28)21(12-15)30-2/h6-12,22,28H,3-5,26H2,1-2H3. The van der Waals surface area contributed by atoms with E-state index in [1.165, 1.54) is 13.2 Å². The predicted octanol–water partition coefficient (Wildman–Crippen LogP) is 4.01. The molecular formula is C24H23N3O3. The van der Waals surface area contributed by atoms with Crippen LogP contribution in [0.2, 0.25) is 0 Å². The summed E-state index contributed by atoms with van der Waals surface area (Å²) in [5.41, 5.74) is 10.9. The Morgan fingerprint density at radius 1 is 1.20 bits per heavy atom. The molecular weight excluding hydrogens is 378 g/mol. The van der Waals surface area contributed by atoms with Crippen molar-refractivity contribution in [2.75, 3.05) is 12.0 Å². The largest absolute Gasteiger partial charge is 0.504 e. The van der Waals surface area contributed by atoms with Gasteiger partial charge in [-0.15, -0.1) is 0 Å². The van der Waals surface area contributed by atoms with Gasteiger partial charge in [-0.3, -0.25) is 9.69 Å².